The van der Waals surface area contributed by atoms with Crippen LogP contribution < -0.4 is 9.78 Å². The summed E-state index contributed by atoms with van der Waals surface area (Å²) in [5.74, 6) is -11.7. The Balaban J connectivity index is 0.991. The number of hydrogen-bond acceptors (Lipinski definition) is 18. The zero-order valence-corrected chi connectivity index (χ0v) is 53.1. The molecule has 2 heterocycles. The Morgan fingerprint density at radius 3 is 1.34 bits per heavy atom. The molecule has 0 radical (unpaired) electrons. The van der Waals surface area contributed by atoms with E-state index in [0.717, 1.165) is 28.9 Å². The number of carbonyl (C=O) groups is 2. The predicted molar refractivity (Wildman–Crippen MR) is 360 cm³/mol. The minimum Gasteiger partial charge on any atom is -0.508 e. The summed E-state index contributed by atoms with van der Waals surface area (Å²) in [4.78, 5) is 44.5. The number of benzene rings is 8. The van der Waals surface area contributed by atoms with Crippen molar-refractivity contribution in [2.24, 2.45) is 11.8 Å². The van der Waals surface area contributed by atoms with Crippen molar-refractivity contribution in [3.63, 3.8) is 0 Å². The Morgan fingerprint density at radius 2 is 0.854 bits per heavy atom. The molecular formula is C78H70O18. The second kappa shape index (κ2) is 25.7. The van der Waals surface area contributed by atoms with E-state index in [9.17, 15) is 61.3 Å². The lowest BCUT2D eigenvalue weighted by molar-refractivity contribution is -0.102. The maximum Gasteiger partial charge on any atom is 0.186 e. The van der Waals surface area contributed by atoms with Crippen LogP contribution in [0.4, 0.5) is 0 Å². The van der Waals surface area contributed by atoms with Crippen molar-refractivity contribution in [1.29, 1.82) is 0 Å². The van der Waals surface area contributed by atoms with Crippen LogP contribution in [0.2, 0.25) is 0 Å². The Kier molecular flexibility index (Phi) is 17.2. The molecule has 10 aromatic rings. The number of phenolic OH excluding ortho intramolecular Hbond substituents is 12. The Hall–Kier alpha value is -11.7. The monoisotopic (exact) mass is 1290 g/mol. The molecule has 2 aliphatic rings. The summed E-state index contributed by atoms with van der Waals surface area (Å²) in [5.41, 5.74) is 4.43. The molecule has 0 bridgehead atoms. The van der Waals surface area contributed by atoms with Gasteiger partial charge in [-0.2, -0.15) is 0 Å². The van der Waals surface area contributed by atoms with Crippen molar-refractivity contribution in [3.05, 3.63) is 225 Å². The molecule has 0 spiro atoms. The van der Waals surface area contributed by atoms with Crippen LogP contribution in [-0.2, 0) is 12.8 Å². The van der Waals surface area contributed by atoms with Gasteiger partial charge in [0.1, 0.15) is 91.7 Å². The lowest BCUT2D eigenvalue weighted by Gasteiger charge is -2.37. The summed E-state index contributed by atoms with van der Waals surface area (Å²) in [5, 5.41) is 139. The van der Waals surface area contributed by atoms with E-state index < -0.39 is 75.8 Å². The summed E-state index contributed by atoms with van der Waals surface area (Å²) in [6.07, 6.45) is 7.41. The number of aromatic hydroxyl groups is 12. The Labute approximate surface area is 551 Å². The Morgan fingerprint density at radius 1 is 0.438 bits per heavy atom. The highest BCUT2D eigenvalue weighted by Gasteiger charge is 2.46. The molecule has 0 saturated heterocycles. The molecule has 0 amide bonds. The van der Waals surface area contributed by atoms with Gasteiger partial charge in [-0.1, -0.05) is 58.7 Å². The topological polar surface area (TPSA) is 322 Å². The fourth-order valence-corrected chi connectivity index (χ4v) is 13.7. The average molecular weight is 1300 g/mol. The zero-order chi connectivity index (χ0) is 68.3. The van der Waals surface area contributed by atoms with Gasteiger partial charge in [0.2, 0.25) is 0 Å². The second-order valence-electron chi connectivity index (χ2n) is 25.5. The van der Waals surface area contributed by atoms with Gasteiger partial charge >= 0.3 is 0 Å². The minimum atomic E-state index is -1.30. The van der Waals surface area contributed by atoms with E-state index in [1.165, 1.54) is 97.1 Å². The second-order valence-corrected chi connectivity index (χ2v) is 25.5. The highest BCUT2D eigenvalue weighted by atomic mass is 17.2. The maximum atomic E-state index is 16.0. The number of allylic oxidation sites excluding steroid dienone is 8. The van der Waals surface area contributed by atoms with Crippen molar-refractivity contribution < 1.29 is 89.5 Å². The molecule has 6 unspecified atom stereocenters. The van der Waals surface area contributed by atoms with E-state index in [1.807, 2.05) is 34.6 Å². The zero-order valence-electron chi connectivity index (χ0n) is 53.1. The van der Waals surface area contributed by atoms with Gasteiger partial charge in [0.15, 0.2) is 23.1 Å². The number of rotatable bonds is 17. The molecule has 8 aromatic carbocycles. The molecule has 0 fully saturated rings. The van der Waals surface area contributed by atoms with Crippen LogP contribution in [0.3, 0.4) is 0 Å². The first-order chi connectivity index (χ1) is 45.8. The molecule has 12 rings (SSSR count). The quantitative estimate of drug-likeness (QED) is 0.0174. The molecule has 18 nitrogen and oxygen atoms in total. The molecule has 18 heteroatoms. The molecule has 0 saturated carbocycles. The number of hydrogen-bond donors (Lipinski definition) is 12. The number of furan rings is 2. The van der Waals surface area contributed by atoms with Crippen LogP contribution in [0.15, 0.2) is 189 Å². The van der Waals surface area contributed by atoms with Gasteiger partial charge in [0, 0.05) is 104 Å². The van der Waals surface area contributed by atoms with Crippen molar-refractivity contribution >= 4 is 33.5 Å². The van der Waals surface area contributed by atoms with E-state index in [1.54, 1.807) is 55.5 Å². The largest absolute Gasteiger partial charge is 0.508 e. The molecule has 0 aliphatic heterocycles. The molecular weight excluding hydrogens is 1220 g/mol. The summed E-state index contributed by atoms with van der Waals surface area (Å²) in [6, 6.07) is 31.5. The summed E-state index contributed by atoms with van der Waals surface area (Å²) >= 11 is 0. The highest BCUT2D eigenvalue weighted by Crippen LogP contribution is 2.57. The first kappa shape index (κ1) is 64.4. The van der Waals surface area contributed by atoms with Gasteiger partial charge in [-0.25, -0.2) is 0 Å². The van der Waals surface area contributed by atoms with Gasteiger partial charge in [-0.3, -0.25) is 19.4 Å². The van der Waals surface area contributed by atoms with Crippen molar-refractivity contribution in [2.75, 3.05) is 0 Å². The number of ketones is 2. The third kappa shape index (κ3) is 12.4. The van der Waals surface area contributed by atoms with E-state index >= 15 is 9.59 Å². The van der Waals surface area contributed by atoms with Crippen molar-refractivity contribution in [2.45, 2.75) is 90.9 Å². The van der Waals surface area contributed by atoms with Crippen LogP contribution >= 0.6 is 0 Å². The molecule has 6 atom stereocenters. The van der Waals surface area contributed by atoms with Crippen molar-refractivity contribution in [3.8, 4) is 103 Å². The highest BCUT2D eigenvalue weighted by molar-refractivity contribution is 6.04. The number of Topliss-reactive ketones (excluding diaryl/α,β-unsaturated/α-hetero) is 2. The third-order valence-corrected chi connectivity index (χ3v) is 18.3. The fourth-order valence-electron chi connectivity index (χ4n) is 13.7. The first-order valence-corrected chi connectivity index (χ1v) is 31.2. The van der Waals surface area contributed by atoms with E-state index in [-0.39, 0.29) is 145 Å². The number of phenols is 12. The lowest BCUT2D eigenvalue weighted by atomic mass is 9.65. The molecule has 12 N–H and O–H groups in total. The van der Waals surface area contributed by atoms with Gasteiger partial charge in [0.25, 0.3) is 0 Å². The van der Waals surface area contributed by atoms with Crippen LogP contribution in [0, 0.1) is 11.8 Å². The lowest BCUT2D eigenvalue weighted by Crippen LogP contribution is -2.32. The fraction of sp³-hybridized carbons (Fsp3) is 0.205. The normalized spacial score (nSPS) is 17.8. The van der Waals surface area contributed by atoms with E-state index in [4.69, 9.17) is 18.6 Å². The first-order valence-electron chi connectivity index (χ1n) is 31.2. The van der Waals surface area contributed by atoms with Gasteiger partial charge < -0.3 is 70.1 Å². The van der Waals surface area contributed by atoms with Crippen LogP contribution in [-0.4, -0.2) is 72.8 Å². The summed E-state index contributed by atoms with van der Waals surface area (Å²) in [7, 11) is 0. The summed E-state index contributed by atoms with van der Waals surface area (Å²) < 4.78 is 12.2. The smallest absolute Gasteiger partial charge is 0.186 e. The molecule has 2 aliphatic carbocycles. The predicted octanol–water partition coefficient (Wildman–Crippen LogP) is 16.8. The third-order valence-electron chi connectivity index (χ3n) is 18.3. The number of carbonyl (C=O) groups excluding carboxylic acids is 2. The SMILES string of the molecule is CC(C)=CCc1c(O)ccc(C(=O)C2C(c3c(O)cc(-c4cc5ccc(O)cc5o4)cc3OOc3ccc(C(=O)C4C(c5c(O)cc(-c6cc7ccc(O)cc7o6)cc5O)C=C(C)CC4c4ccc(O)cc4O)c(O)c3CC=C(C)C)C=C(C)CC2c2ccc(O)cc2O)c1O. The van der Waals surface area contributed by atoms with Crippen LogP contribution in [0.5, 0.6) is 80.5 Å². The van der Waals surface area contributed by atoms with Crippen molar-refractivity contribution in [1.82, 2.24) is 0 Å². The molecule has 2 aromatic heterocycles. The maximum absolute atomic E-state index is 16.0. The van der Waals surface area contributed by atoms with Crippen LogP contribution in [0.1, 0.15) is 132 Å². The standard InChI is InChI=1S/C78H70O18/c1-37(2)7-15-51-59(83)21-19-53(75(51)89)77(91)72-56(50-18-14-46(80)34-61(50)85)24-40(6)26-58(72)74-64(88)29-44(67-31-42-10-12-48(82)36-69(42)94-67)32-70(74)96-95-65-22-20-54(76(90)52(65)16-8-38(3)4)78(92)71-55(49-17-13-45(79)33-60(49)84)23-39(5)25-57(71)73-62(86)27-43(28-63(73)87)66-30-41-9-11-47(81)35-68(41)93-66/h7-14,17-22,25-36,55-58,71-72,79-90H,15-16,23-24H2,1-6H3. The van der Waals surface area contributed by atoms with E-state index in [2.05, 4.69) is 0 Å². The molecule has 490 valence electrons. The van der Waals surface area contributed by atoms with Crippen LogP contribution in [0.25, 0.3) is 44.6 Å². The average Bonchev–Trinajstić information content (AvgIpc) is 0.869. The molecule has 96 heavy (non-hydrogen) atoms. The minimum absolute atomic E-state index is 0.0225. The number of fused-ring (bicyclic) bond motifs is 2. The van der Waals surface area contributed by atoms with E-state index in [0.29, 0.717) is 27.5 Å². The van der Waals surface area contributed by atoms with Gasteiger partial charge in [-0.05, 0) is 175 Å². The summed E-state index contributed by atoms with van der Waals surface area (Å²) in [6.45, 7) is 11.0. The van der Waals surface area contributed by atoms with Gasteiger partial charge in [0.05, 0.1) is 11.1 Å². The Bertz CT molecular complexity index is 4890. The van der Waals surface area contributed by atoms with Gasteiger partial charge in [-0.15, -0.1) is 0 Å².